The molecular weight excluding hydrogens is 358 g/mol. The van der Waals surface area contributed by atoms with Crippen molar-refractivity contribution in [3.63, 3.8) is 0 Å². The van der Waals surface area contributed by atoms with E-state index in [4.69, 9.17) is 9.47 Å². The molecule has 1 heterocycles. The summed E-state index contributed by atoms with van der Waals surface area (Å²) < 4.78 is 10.6. The molecule has 138 valence electrons. The van der Waals surface area contributed by atoms with E-state index in [1.165, 1.54) is 12.1 Å². The van der Waals surface area contributed by atoms with Crippen molar-refractivity contribution in [2.45, 2.75) is 0 Å². The maximum atomic E-state index is 12.5. The van der Waals surface area contributed by atoms with E-state index in [9.17, 15) is 14.4 Å². The summed E-state index contributed by atoms with van der Waals surface area (Å²) in [6.45, 7) is -0.232. The highest BCUT2D eigenvalue weighted by Gasteiger charge is 2.36. The molecule has 0 N–H and O–H groups in total. The molecule has 6 heteroatoms. The maximum Gasteiger partial charge on any atom is 0.349 e. The lowest BCUT2D eigenvalue weighted by Gasteiger charge is -2.14. The molecule has 0 radical (unpaired) electrons. The Morgan fingerprint density at radius 3 is 1.89 bits per heavy atom. The summed E-state index contributed by atoms with van der Waals surface area (Å²) in [6.07, 6.45) is 0. The quantitative estimate of drug-likeness (QED) is 0.389. The number of hydrogen-bond donors (Lipinski definition) is 0. The van der Waals surface area contributed by atoms with Crippen LogP contribution in [0.15, 0.2) is 78.9 Å². The molecule has 0 aliphatic carbocycles. The van der Waals surface area contributed by atoms with Crippen LogP contribution in [-0.4, -0.2) is 24.4 Å². The summed E-state index contributed by atoms with van der Waals surface area (Å²) in [5.74, 6) is -0.442. The standard InChI is InChI=1S/C22H15NO5/c24-20(14-27-16-6-2-1-3-7-16)28-17-12-10-15(11-13-17)23-21(25)18-8-4-5-9-19(18)22(23)26/h1-13H,14H2. The molecule has 6 nitrogen and oxygen atoms in total. The first kappa shape index (κ1) is 17.5. The van der Waals surface area contributed by atoms with Gasteiger partial charge in [0.15, 0.2) is 6.61 Å². The Morgan fingerprint density at radius 2 is 1.29 bits per heavy atom. The highest BCUT2D eigenvalue weighted by atomic mass is 16.6. The van der Waals surface area contributed by atoms with Gasteiger partial charge in [-0.2, -0.15) is 0 Å². The average molecular weight is 373 g/mol. The number of ether oxygens (including phenoxy) is 2. The fourth-order valence-corrected chi connectivity index (χ4v) is 2.91. The lowest BCUT2D eigenvalue weighted by molar-refractivity contribution is -0.136. The Labute approximate surface area is 160 Å². The number of benzene rings is 3. The molecule has 0 aromatic heterocycles. The zero-order chi connectivity index (χ0) is 19.5. The molecule has 3 aromatic carbocycles. The second-order valence-electron chi connectivity index (χ2n) is 6.06. The van der Waals surface area contributed by atoms with E-state index in [1.807, 2.05) is 6.07 Å². The predicted molar refractivity (Wildman–Crippen MR) is 102 cm³/mol. The normalized spacial score (nSPS) is 12.6. The van der Waals surface area contributed by atoms with E-state index >= 15 is 0 Å². The van der Waals surface area contributed by atoms with Gasteiger partial charge in [0, 0.05) is 0 Å². The van der Waals surface area contributed by atoms with Crippen molar-refractivity contribution in [2.24, 2.45) is 0 Å². The fraction of sp³-hybridized carbons (Fsp3) is 0.0455. The van der Waals surface area contributed by atoms with Crippen LogP contribution in [0, 0.1) is 0 Å². The van der Waals surface area contributed by atoms with Gasteiger partial charge in [0.25, 0.3) is 11.8 Å². The summed E-state index contributed by atoms with van der Waals surface area (Å²) in [4.78, 5) is 38.0. The number of carbonyl (C=O) groups excluding carboxylic acids is 3. The minimum Gasteiger partial charge on any atom is -0.482 e. The molecule has 2 amide bonds. The number of imide groups is 1. The number of carbonyl (C=O) groups is 3. The summed E-state index contributed by atoms with van der Waals surface area (Å²) >= 11 is 0. The van der Waals surface area contributed by atoms with Gasteiger partial charge >= 0.3 is 5.97 Å². The lowest BCUT2D eigenvalue weighted by Crippen LogP contribution is -2.29. The van der Waals surface area contributed by atoms with Gasteiger partial charge in [-0.1, -0.05) is 30.3 Å². The maximum absolute atomic E-state index is 12.5. The number of anilines is 1. The van der Waals surface area contributed by atoms with Crippen molar-refractivity contribution in [3.8, 4) is 11.5 Å². The van der Waals surface area contributed by atoms with Crippen LogP contribution in [0.2, 0.25) is 0 Å². The van der Waals surface area contributed by atoms with Crippen molar-refractivity contribution >= 4 is 23.5 Å². The molecule has 0 saturated heterocycles. The first-order valence-electron chi connectivity index (χ1n) is 8.60. The van der Waals surface area contributed by atoms with E-state index in [1.54, 1.807) is 60.7 Å². The molecule has 0 saturated carbocycles. The number of para-hydroxylation sites is 1. The van der Waals surface area contributed by atoms with Crippen LogP contribution < -0.4 is 14.4 Å². The summed E-state index contributed by atoms with van der Waals surface area (Å²) in [5, 5.41) is 0. The van der Waals surface area contributed by atoms with Crippen LogP contribution in [-0.2, 0) is 4.79 Å². The van der Waals surface area contributed by atoms with E-state index in [0.717, 1.165) is 4.90 Å². The zero-order valence-corrected chi connectivity index (χ0v) is 14.7. The first-order chi connectivity index (χ1) is 13.6. The van der Waals surface area contributed by atoms with Crippen LogP contribution in [0.4, 0.5) is 5.69 Å². The Balaban J connectivity index is 1.41. The molecule has 0 atom stereocenters. The Morgan fingerprint density at radius 1 is 0.714 bits per heavy atom. The number of nitrogens with zero attached hydrogens (tertiary/aromatic N) is 1. The molecule has 0 unspecified atom stereocenters. The average Bonchev–Trinajstić information content (AvgIpc) is 2.99. The summed E-state index contributed by atoms with van der Waals surface area (Å²) in [5.41, 5.74) is 1.16. The van der Waals surface area contributed by atoms with Crippen LogP contribution in [0.25, 0.3) is 0 Å². The monoisotopic (exact) mass is 373 g/mol. The fourth-order valence-electron chi connectivity index (χ4n) is 2.91. The molecule has 0 spiro atoms. The Hall–Kier alpha value is -3.93. The van der Waals surface area contributed by atoms with E-state index in [0.29, 0.717) is 28.3 Å². The van der Waals surface area contributed by atoms with Crippen LogP contribution >= 0.6 is 0 Å². The number of fused-ring (bicyclic) bond motifs is 1. The van der Waals surface area contributed by atoms with Crippen LogP contribution in [0.1, 0.15) is 20.7 Å². The van der Waals surface area contributed by atoms with Gasteiger partial charge in [-0.3, -0.25) is 9.59 Å². The van der Waals surface area contributed by atoms with Crippen LogP contribution in [0.3, 0.4) is 0 Å². The third kappa shape index (κ3) is 3.35. The summed E-state index contributed by atoms with van der Waals surface area (Å²) in [7, 11) is 0. The molecule has 1 aliphatic heterocycles. The van der Waals surface area contributed by atoms with Gasteiger partial charge in [0.1, 0.15) is 11.5 Å². The van der Waals surface area contributed by atoms with Gasteiger partial charge in [0.2, 0.25) is 0 Å². The summed E-state index contributed by atoms with van der Waals surface area (Å²) in [6, 6.07) is 21.8. The van der Waals surface area contributed by atoms with Gasteiger partial charge in [-0.15, -0.1) is 0 Å². The number of esters is 1. The minimum absolute atomic E-state index is 0.232. The van der Waals surface area contributed by atoms with Gasteiger partial charge in [0.05, 0.1) is 16.8 Å². The zero-order valence-electron chi connectivity index (χ0n) is 14.7. The smallest absolute Gasteiger partial charge is 0.349 e. The van der Waals surface area contributed by atoms with Gasteiger partial charge in [-0.05, 0) is 48.5 Å². The number of hydrogen-bond acceptors (Lipinski definition) is 5. The second-order valence-corrected chi connectivity index (χ2v) is 6.06. The Bertz CT molecular complexity index is 1010. The molecule has 28 heavy (non-hydrogen) atoms. The van der Waals surface area contributed by atoms with Crippen LogP contribution in [0.5, 0.6) is 11.5 Å². The number of rotatable bonds is 5. The molecule has 4 rings (SSSR count). The lowest BCUT2D eigenvalue weighted by atomic mass is 10.1. The van der Waals surface area contributed by atoms with Crippen molar-refractivity contribution in [2.75, 3.05) is 11.5 Å². The van der Waals surface area contributed by atoms with Crippen molar-refractivity contribution in [3.05, 3.63) is 90.0 Å². The second kappa shape index (κ2) is 7.36. The third-order valence-electron chi connectivity index (χ3n) is 4.22. The topological polar surface area (TPSA) is 72.9 Å². The highest BCUT2D eigenvalue weighted by molar-refractivity contribution is 6.34. The Kier molecular flexibility index (Phi) is 4.60. The minimum atomic E-state index is -0.558. The largest absolute Gasteiger partial charge is 0.482 e. The van der Waals surface area contributed by atoms with E-state index in [2.05, 4.69) is 0 Å². The predicted octanol–water partition coefficient (Wildman–Crippen LogP) is 3.47. The third-order valence-corrected chi connectivity index (χ3v) is 4.22. The van der Waals surface area contributed by atoms with Crippen molar-refractivity contribution in [1.29, 1.82) is 0 Å². The van der Waals surface area contributed by atoms with Gasteiger partial charge in [-0.25, -0.2) is 9.69 Å². The van der Waals surface area contributed by atoms with Crippen molar-refractivity contribution in [1.82, 2.24) is 0 Å². The van der Waals surface area contributed by atoms with Crippen molar-refractivity contribution < 1.29 is 23.9 Å². The molecule has 3 aromatic rings. The highest BCUT2D eigenvalue weighted by Crippen LogP contribution is 2.29. The number of amides is 2. The molecule has 1 aliphatic rings. The van der Waals surface area contributed by atoms with E-state index < -0.39 is 5.97 Å². The van der Waals surface area contributed by atoms with E-state index in [-0.39, 0.29) is 18.4 Å². The first-order valence-corrected chi connectivity index (χ1v) is 8.60. The SMILES string of the molecule is O=C(COc1ccccc1)Oc1ccc(N2C(=O)c3ccccc3C2=O)cc1. The van der Waals surface area contributed by atoms with Gasteiger partial charge < -0.3 is 9.47 Å². The molecular formula is C22H15NO5. The molecule has 0 fully saturated rings. The molecule has 0 bridgehead atoms.